The minimum absolute atomic E-state index is 0.123. The smallest absolute Gasteiger partial charge is 0.259 e. The first-order valence-electron chi connectivity index (χ1n) is 6.34. The highest BCUT2D eigenvalue weighted by molar-refractivity contribution is 5.95. The molecular formula is C14H21NO2. The van der Waals surface area contributed by atoms with Crippen molar-refractivity contribution in [2.75, 3.05) is 0 Å². The summed E-state index contributed by atoms with van der Waals surface area (Å²) in [5, 5.41) is 0. The molecule has 1 heterocycles. The van der Waals surface area contributed by atoms with Crippen molar-refractivity contribution in [3.05, 3.63) is 33.2 Å². The number of ketones is 1. The third-order valence-electron chi connectivity index (χ3n) is 3.10. The summed E-state index contributed by atoms with van der Waals surface area (Å²) in [6.07, 6.45) is 4.65. The van der Waals surface area contributed by atoms with Gasteiger partial charge in [0.25, 0.3) is 5.56 Å². The van der Waals surface area contributed by atoms with Crippen molar-refractivity contribution in [3.63, 3.8) is 0 Å². The Kier molecular flexibility index (Phi) is 4.67. The molecule has 0 amide bonds. The summed E-state index contributed by atoms with van der Waals surface area (Å²) in [5.41, 5.74) is 2.25. The molecule has 17 heavy (non-hydrogen) atoms. The quantitative estimate of drug-likeness (QED) is 0.761. The zero-order valence-corrected chi connectivity index (χ0v) is 11.1. The van der Waals surface area contributed by atoms with Gasteiger partial charge in [0, 0.05) is 6.20 Å². The summed E-state index contributed by atoms with van der Waals surface area (Å²) in [7, 11) is 0. The number of Topliss-reactive ketones (excluding diaryl/α,β-unsaturated/α-hetero) is 1. The summed E-state index contributed by atoms with van der Waals surface area (Å²) in [5.74, 6) is 0.519. The molecule has 1 atom stereocenters. The van der Waals surface area contributed by atoms with Crippen LogP contribution in [-0.4, -0.2) is 10.8 Å². The fraction of sp³-hybridized carbons (Fsp3) is 0.571. The molecule has 1 aromatic rings. The Morgan fingerprint density at radius 2 is 2.06 bits per heavy atom. The van der Waals surface area contributed by atoms with Crippen molar-refractivity contribution in [2.45, 2.75) is 47.0 Å². The van der Waals surface area contributed by atoms with E-state index < -0.39 is 0 Å². The Hall–Kier alpha value is -1.38. The summed E-state index contributed by atoms with van der Waals surface area (Å²) in [4.78, 5) is 25.6. The second kappa shape index (κ2) is 5.80. The van der Waals surface area contributed by atoms with Gasteiger partial charge in [-0.15, -0.1) is 0 Å². The van der Waals surface area contributed by atoms with E-state index in [-0.39, 0.29) is 11.3 Å². The van der Waals surface area contributed by atoms with E-state index in [0.717, 1.165) is 30.4 Å². The molecule has 0 fully saturated rings. The maximum Gasteiger partial charge on any atom is 0.259 e. The zero-order valence-electron chi connectivity index (χ0n) is 11.1. The Bertz CT molecular complexity index is 460. The normalized spacial score (nSPS) is 17.8. The highest BCUT2D eigenvalue weighted by atomic mass is 16.1. The molecule has 0 radical (unpaired) electrons. The van der Waals surface area contributed by atoms with Gasteiger partial charge in [-0.2, -0.15) is 0 Å². The minimum Gasteiger partial charge on any atom is -0.328 e. The number of carbonyl (C=O) groups excluding carboxylic acids is 1. The van der Waals surface area contributed by atoms with Crippen LogP contribution in [0.25, 0.3) is 0 Å². The molecule has 3 heteroatoms. The van der Waals surface area contributed by atoms with Crippen LogP contribution in [0.15, 0.2) is 11.0 Å². The molecule has 0 bridgehead atoms. The lowest BCUT2D eigenvalue weighted by Gasteiger charge is -2.22. The third-order valence-corrected chi connectivity index (χ3v) is 3.10. The first-order valence-corrected chi connectivity index (χ1v) is 6.34. The lowest BCUT2D eigenvalue weighted by molar-refractivity contribution is 0.101. The fourth-order valence-electron chi connectivity index (χ4n) is 2.32. The van der Waals surface area contributed by atoms with Crippen molar-refractivity contribution in [1.29, 1.82) is 0 Å². The van der Waals surface area contributed by atoms with Crippen molar-refractivity contribution < 1.29 is 4.79 Å². The molecule has 0 saturated heterocycles. The lowest BCUT2D eigenvalue weighted by atomic mass is 9.83. The molecule has 2 rings (SSSR count). The number of hydrogen-bond donors (Lipinski definition) is 1. The number of carbonyl (C=O) groups is 1. The highest BCUT2D eigenvalue weighted by Crippen LogP contribution is 2.25. The van der Waals surface area contributed by atoms with Crippen molar-refractivity contribution in [3.8, 4) is 0 Å². The van der Waals surface area contributed by atoms with Gasteiger partial charge in [0.2, 0.25) is 0 Å². The van der Waals surface area contributed by atoms with Gasteiger partial charge < -0.3 is 4.98 Å². The first kappa shape index (κ1) is 13.7. The van der Waals surface area contributed by atoms with Crippen LogP contribution in [0.3, 0.4) is 0 Å². The molecule has 0 saturated carbocycles. The number of aromatic nitrogens is 1. The average molecular weight is 235 g/mol. The molecule has 94 valence electrons. The Balaban J connectivity index is 0.000000686. The molecule has 1 aliphatic rings. The van der Waals surface area contributed by atoms with Gasteiger partial charge >= 0.3 is 0 Å². The molecule has 0 aromatic carbocycles. The van der Waals surface area contributed by atoms with Crippen molar-refractivity contribution in [1.82, 2.24) is 4.98 Å². The molecule has 3 nitrogen and oxygen atoms in total. The highest BCUT2D eigenvalue weighted by Gasteiger charge is 2.21. The molecule has 1 unspecified atom stereocenters. The predicted octanol–water partition coefficient (Wildman–Crippen LogP) is 2.73. The van der Waals surface area contributed by atoms with Crippen LogP contribution in [0.5, 0.6) is 0 Å². The number of fused-ring (bicyclic) bond motifs is 1. The van der Waals surface area contributed by atoms with E-state index >= 15 is 0 Å². The van der Waals surface area contributed by atoms with Gasteiger partial charge in [-0.1, -0.05) is 20.8 Å². The Morgan fingerprint density at radius 3 is 2.65 bits per heavy atom. The number of rotatable bonds is 1. The average Bonchev–Trinajstić information content (AvgIpc) is 2.31. The van der Waals surface area contributed by atoms with Crippen molar-refractivity contribution in [2.24, 2.45) is 5.92 Å². The van der Waals surface area contributed by atoms with Crippen LogP contribution in [-0.2, 0) is 12.8 Å². The fourth-order valence-corrected chi connectivity index (χ4v) is 2.32. The largest absolute Gasteiger partial charge is 0.328 e. The minimum atomic E-state index is -0.240. The van der Waals surface area contributed by atoms with Crippen LogP contribution in [0.2, 0.25) is 0 Å². The lowest BCUT2D eigenvalue weighted by Crippen LogP contribution is -2.24. The van der Waals surface area contributed by atoms with E-state index in [2.05, 4.69) is 11.9 Å². The summed E-state index contributed by atoms with van der Waals surface area (Å²) in [6, 6.07) is 0. The van der Waals surface area contributed by atoms with E-state index in [1.165, 1.54) is 6.92 Å². The third kappa shape index (κ3) is 2.84. The van der Waals surface area contributed by atoms with E-state index in [1.807, 2.05) is 13.8 Å². The van der Waals surface area contributed by atoms with Crippen LogP contribution in [0.1, 0.15) is 55.6 Å². The molecule has 1 aliphatic carbocycles. The maximum absolute atomic E-state index is 11.5. The number of pyridine rings is 1. The molecule has 1 aromatic heterocycles. The van der Waals surface area contributed by atoms with Crippen LogP contribution < -0.4 is 5.56 Å². The number of H-pyrrole nitrogens is 1. The predicted molar refractivity (Wildman–Crippen MR) is 69.6 cm³/mol. The Labute approximate surface area is 102 Å². The number of nitrogens with one attached hydrogen (secondary N) is 1. The second-order valence-electron chi connectivity index (χ2n) is 4.40. The monoisotopic (exact) mass is 235 g/mol. The molecular weight excluding hydrogens is 214 g/mol. The summed E-state index contributed by atoms with van der Waals surface area (Å²) in [6.45, 7) is 7.66. The van der Waals surface area contributed by atoms with E-state index in [4.69, 9.17) is 0 Å². The van der Waals surface area contributed by atoms with Gasteiger partial charge in [0.05, 0.1) is 5.56 Å². The van der Waals surface area contributed by atoms with Crippen molar-refractivity contribution >= 4 is 5.78 Å². The van der Waals surface area contributed by atoms with E-state index in [1.54, 1.807) is 6.20 Å². The van der Waals surface area contributed by atoms with Gasteiger partial charge in [-0.3, -0.25) is 9.59 Å². The van der Waals surface area contributed by atoms with E-state index in [0.29, 0.717) is 11.5 Å². The molecule has 1 N–H and O–H groups in total. The summed E-state index contributed by atoms with van der Waals surface area (Å²) < 4.78 is 0. The second-order valence-corrected chi connectivity index (χ2v) is 4.40. The van der Waals surface area contributed by atoms with Gasteiger partial charge in [-0.25, -0.2) is 0 Å². The van der Waals surface area contributed by atoms with Gasteiger partial charge in [-0.05, 0) is 43.2 Å². The van der Waals surface area contributed by atoms with Gasteiger partial charge in [0.15, 0.2) is 5.78 Å². The first-order chi connectivity index (χ1) is 8.09. The molecule has 0 aliphatic heterocycles. The number of hydrogen-bond acceptors (Lipinski definition) is 2. The molecule has 0 spiro atoms. The zero-order chi connectivity index (χ0) is 13.0. The van der Waals surface area contributed by atoms with Crippen LogP contribution in [0, 0.1) is 5.92 Å². The maximum atomic E-state index is 11.5. The topological polar surface area (TPSA) is 49.9 Å². The van der Waals surface area contributed by atoms with Gasteiger partial charge in [0.1, 0.15) is 0 Å². The standard InChI is InChI=1S/C12H15NO2.C2H6/c1-7-3-4-10-9(5-7)6-13-12(15)11(10)8(2)14;1-2/h6-7H,3-5H2,1-2H3,(H,13,15);1-2H3. The van der Waals surface area contributed by atoms with E-state index in [9.17, 15) is 9.59 Å². The van der Waals surface area contributed by atoms with Crippen LogP contribution >= 0.6 is 0 Å². The summed E-state index contributed by atoms with van der Waals surface area (Å²) >= 11 is 0. The Morgan fingerprint density at radius 1 is 1.41 bits per heavy atom. The number of aromatic amines is 1. The SMILES string of the molecule is CC.CC(=O)c1c2c(c[nH]c1=O)CC(C)CC2. The van der Waals surface area contributed by atoms with Crippen LogP contribution in [0.4, 0.5) is 0 Å².